The van der Waals surface area contributed by atoms with Crippen molar-refractivity contribution in [1.82, 2.24) is 15.1 Å². The van der Waals surface area contributed by atoms with E-state index >= 15 is 0 Å². The minimum Gasteiger partial charge on any atom is -0.352 e. The minimum absolute atomic E-state index is 0.109. The molecular weight excluding hydrogens is 360 g/mol. The lowest BCUT2D eigenvalue weighted by Gasteiger charge is -2.35. The number of rotatable bonds is 3. The molecule has 0 saturated carbocycles. The maximum Gasteiger partial charge on any atom is 0.253 e. The van der Waals surface area contributed by atoms with E-state index in [1.165, 1.54) is 5.56 Å². The van der Waals surface area contributed by atoms with Crippen LogP contribution in [-0.4, -0.2) is 47.2 Å². The Morgan fingerprint density at radius 1 is 0.828 bits per heavy atom. The number of benzene rings is 2. The van der Waals surface area contributed by atoms with E-state index in [-0.39, 0.29) is 5.91 Å². The summed E-state index contributed by atoms with van der Waals surface area (Å²) in [4.78, 5) is 17.0. The van der Waals surface area contributed by atoms with Gasteiger partial charge in [0.25, 0.3) is 5.91 Å². The van der Waals surface area contributed by atoms with Crippen LogP contribution < -0.4 is 4.90 Å². The summed E-state index contributed by atoms with van der Waals surface area (Å²) in [5.74, 6) is 0.971. The van der Waals surface area contributed by atoms with Crippen LogP contribution in [0.5, 0.6) is 0 Å². The third kappa shape index (κ3) is 4.14. The molecule has 0 bridgehead atoms. The van der Waals surface area contributed by atoms with E-state index in [1.54, 1.807) is 0 Å². The van der Waals surface area contributed by atoms with E-state index in [4.69, 9.17) is 0 Å². The van der Waals surface area contributed by atoms with Gasteiger partial charge in [-0.25, -0.2) is 0 Å². The van der Waals surface area contributed by atoms with Crippen LogP contribution in [0.3, 0.4) is 0 Å². The molecule has 3 aromatic rings. The van der Waals surface area contributed by atoms with Gasteiger partial charge in [-0.2, -0.15) is 0 Å². The van der Waals surface area contributed by atoms with Crippen LogP contribution in [0.25, 0.3) is 11.3 Å². The largest absolute Gasteiger partial charge is 0.352 e. The first-order valence-corrected chi connectivity index (χ1v) is 10.0. The molecule has 2 aromatic carbocycles. The van der Waals surface area contributed by atoms with Crippen LogP contribution in [0.4, 0.5) is 5.82 Å². The average molecular weight is 386 g/mol. The van der Waals surface area contributed by atoms with Crippen molar-refractivity contribution in [2.24, 2.45) is 0 Å². The van der Waals surface area contributed by atoms with Crippen molar-refractivity contribution in [3.8, 4) is 11.3 Å². The highest BCUT2D eigenvalue weighted by Gasteiger charge is 2.23. The molecule has 0 spiro atoms. The van der Waals surface area contributed by atoms with E-state index < -0.39 is 0 Å². The van der Waals surface area contributed by atoms with Crippen molar-refractivity contribution in [2.45, 2.75) is 20.8 Å². The van der Waals surface area contributed by atoms with E-state index in [0.29, 0.717) is 13.1 Å². The van der Waals surface area contributed by atoms with Crippen molar-refractivity contribution < 1.29 is 4.79 Å². The Kier molecular flexibility index (Phi) is 5.30. The van der Waals surface area contributed by atoms with Crippen molar-refractivity contribution in [3.05, 3.63) is 76.9 Å². The lowest BCUT2D eigenvalue weighted by atomic mass is 10.1. The maximum atomic E-state index is 12.9. The fraction of sp³-hybridized carbons (Fsp3) is 0.292. The molecule has 1 aromatic heterocycles. The highest BCUT2D eigenvalue weighted by atomic mass is 16.2. The summed E-state index contributed by atoms with van der Waals surface area (Å²) >= 11 is 0. The number of anilines is 1. The summed E-state index contributed by atoms with van der Waals surface area (Å²) in [6, 6.07) is 18.3. The number of nitrogens with zero attached hydrogens (tertiary/aromatic N) is 4. The molecule has 1 fully saturated rings. The Hall–Kier alpha value is -3.21. The van der Waals surface area contributed by atoms with Gasteiger partial charge < -0.3 is 9.80 Å². The molecular formula is C24H26N4O. The highest BCUT2D eigenvalue weighted by Crippen LogP contribution is 2.22. The summed E-state index contributed by atoms with van der Waals surface area (Å²) < 4.78 is 0. The van der Waals surface area contributed by atoms with Crippen LogP contribution in [0, 0.1) is 20.8 Å². The Labute approximate surface area is 172 Å². The summed E-state index contributed by atoms with van der Waals surface area (Å²) in [5.41, 5.74) is 6.20. The fourth-order valence-electron chi connectivity index (χ4n) is 3.92. The van der Waals surface area contributed by atoms with Crippen LogP contribution in [0.1, 0.15) is 27.0 Å². The Bertz CT molecular complexity index is 1000. The zero-order valence-electron chi connectivity index (χ0n) is 17.2. The third-order valence-corrected chi connectivity index (χ3v) is 5.43. The lowest BCUT2D eigenvalue weighted by Crippen LogP contribution is -2.49. The van der Waals surface area contributed by atoms with Crippen molar-refractivity contribution in [2.75, 3.05) is 31.1 Å². The second-order valence-corrected chi connectivity index (χ2v) is 7.75. The van der Waals surface area contributed by atoms with Crippen LogP contribution in [-0.2, 0) is 0 Å². The Morgan fingerprint density at radius 2 is 1.52 bits per heavy atom. The smallest absolute Gasteiger partial charge is 0.253 e. The topological polar surface area (TPSA) is 49.3 Å². The summed E-state index contributed by atoms with van der Waals surface area (Å²) in [6.07, 6.45) is 0. The van der Waals surface area contributed by atoms with Crippen LogP contribution in [0.15, 0.2) is 54.6 Å². The Morgan fingerprint density at radius 3 is 2.14 bits per heavy atom. The summed E-state index contributed by atoms with van der Waals surface area (Å²) in [7, 11) is 0. The molecule has 148 valence electrons. The first-order chi connectivity index (χ1) is 14.0. The molecule has 0 N–H and O–H groups in total. The highest BCUT2D eigenvalue weighted by molar-refractivity contribution is 5.94. The van der Waals surface area contributed by atoms with Gasteiger partial charge in [0.05, 0.1) is 5.69 Å². The number of aryl methyl sites for hydroxylation is 3. The minimum atomic E-state index is 0.109. The number of carbonyl (C=O) groups is 1. The molecule has 0 unspecified atom stereocenters. The molecule has 1 saturated heterocycles. The molecule has 5 heteroatoms. The second kappa shape index (κ2) is 8.03. The van der Waals surface area contributed by atoms with Gasteiger partial charge in [0.2, 0.25) is 0 Å². The fourth-order valence-corrected chi connectivity index (χ4v) is 3.92. The standard InChI is InChI=1S/C24H26N4O/c1-17-14-18(2)16-20(15-17)24(29)28-12-10-27(11-13-28)23-9-8-22(25-26-23)21-7-5-4-6-19(21)3/h4-9,14-16H,10-13H2,1-3H3. The normalized spacial score (nSPS) is 14.2. The molecule has 1 aliphatic heterocycles. The first kappa shape index (κ1) is 19.1. The predicted molar refractivity (Wildman–Crippen MR) is 116 cm³/mol. The average Bonchev–Trinajstić information content (AvgIpc) is 2.73. The van der Waals surface area contributed by atoms with Gasteiger partial charge in [-0.1, -0.05) is 41.5 Å². The van der Waals surface area contributed by atoms with Gasteiger partial charge in [0.15, 0.2) is 5.82 Å². The molecule has 1 amide bonds. The summed E-state index contributed by atoms with van der Waals surface area (Å²) in [6.45, 7) is 9.03. The molecule has 29 heavy (non-hydrogen) atoms. The van der Waals surface area contributed by atoms with Gasteiger partial charge in [-0.3, -0.25) is 4.79 Å². The van der Waals surface area contributed by atoms with Crippen LogP contribution in [0.2, 0.25) is 0 Å². The molecule has 0 atom stereocenters. The maximum absolute atomic E-state index is 12.9. The zero-order chi connectivity index (χ0) is 20.4. The van der Waals surface area contributed by atoms with E-state index in [2.05, 4.69) is 40.2 Å². The zero-order valence-corrected chi connectivity index (χ0v) is 17.2. The van der Waals surface area contributed by atoms with Gasteiger partial charge in [-0.05, 0) is 50.6 Å². The SMILES string of the molecule is Cc1cc(C)cc(C(=O)N2CCN(c3ccc(-c4ccccc4C)nn3)CC2)c1. The van der Waals surface area contributed by atoms with Gasteiger partial charge in [0.1, 0.15) is 0 Å². The Balaban J connectivity index is 1.42. The number of hydrogen-bond donors (Lipinski definition) is 0. The summed E-state index contributed by atoms with van der Waals surface area (Å²) in [5, 5.41) is 8.88. The lowest BCUT2D eigenvalue weighted by molar-refractivity contribution is 0.0746. The predicted octanol–water partition coefficient (Wildman–Crippen LogP) is 4.03. The van der Waals surface area contributed by atoms with Gasteiger partial charge in [0, 0.05) is 37.3 Å². The second-order valence-electron chi connectivity index (χ2n) is 7.75. The van der Waals surface area contributed by atoms with Crippen molar-refractivity contribution in [1.29, 1.82) is 0 Å². The molecule has 4 rings (SSSR count). The number of carbonyl (C=O) groups excluding carboxylic acids is 1. The molecule has 0 aliphatic carbocycles. The van der Waals surface area contributed by atoms with Gasteiger partial charge >= 0.3 is 0 Å². The third-order valence-electron chi connectivity index (χ3n) is 5.43. The van der Waals surface area contributed by atoms with Crippen molar-refractivity contribution in [3.63, 3.8) is 0 Å². The molecule has 2 heterocycles. The monoisotopic (exact) mass is 386 g/mol. The number of amides is 1. The number of piperazine rings is 1. The molecule has 0 radical (unpaired) electrons. The first-order valence-electron chi connectivity index (χ1n) is 10.0. The van der Waals surface area contributed by atoms with Gasteiger partial charge in [-0.15, -0.1) is 10.2 Å². The van der Waals surface area contributed by atoms with E-state index in [0.717, 1.165) is 46.9 Å². The number of hydrogen-bond acceptors (Lipinski definition) is 4. The number of aromatic nitrogens is 2. The van der Waals surface area contributed by atoms with E-state index in [9.17, 15) is 4.79 Å². The molecule has 5 nitrogen and oxygen atoms in total. The quantitative estimate of drug-likeness (QED) is 0.682. The van der Waals surface area contributed by atoms with E-state index in [1.807, 2.05) is 55.1 Å². The molecule has 1 aliphatic rings. The van der Waals surface area contributed by atoms with Crippen molar-refractivity contribution >= 4 is 11.7 Å². The van der Waals surface area contributed by atoms with Crippen LogP contribution >= 0.6 is 0 Å².